The molecular weight excluding hydrogens is 790 g/mol. The highest BCUT2D eigenvalue weighted by Crippen LogP contribution is 2.38. The summed E-state index contributed by atoms with van der Waals surface area (Å²) >= 11 is 0. The second-order valence-electron chi connectivity index (χ2n) is 16.4. The predicted molar refractivity (Wildman–Crippen MR) is 249 cm³/mol. The van der Waals surface area contributed by atoms with Gasteiger partial charge in [0, 0.05) is 12.8 Å². The number of epoxide rings is 1. The van der Waals surface area contributed by atoms with Gasteiger partial charge in [-0.05, 0) is 89.9 Å². The number of hydrogen-bond acceptors (Lipinski definition) is 9. The van der Waals surface area contributed by atoms with E-state index >= 15 is 0 Å². The van der Waals surface area contributed by atoms with E-state index < -0.39 is 32.5 Å². The first kappa shape index (κ1) is 55.9. The van der Waals surface area contributed by atoms with Crippen LogP contribution >= 0.6 is 7.82 Å². The molecule has 61 heavy (non-hydrogen) atoms. The molecule has 0 saturated carbocycles. The summed E-state index contributed by atoms with van der Waals surface area (Å²) in [5.41, 5.74) is 0. The SMILES string of the molecule is CCCCC/C=C\C/C=C\C/C=C\C/C=C\C/C=C\CCC(=O)O[C@H](COC(=O)CCC/C=C\C/C=C\CC1OC1C/C=C\CCCCC)COP(=O)([O-])OCC[N+](C)(C)C. The zero-order valence-corrected chi connectivity index (χ0v) is 39.4. The van der Waals surface area contributed by atoms with Gasteiger partial charge in [0.15, 0.2) is 6.10 Å². The van der Waals surface area contributed by atoms with E-state index in [2.05, 4.69) is 92.8 Å². The Morgan fingerprint density at radius 1 is 0.590 bits per heavy atom. The molecule has 0 aromatic carbocycles. The second kappa shape index (κ2) is 37.4. The fourth-order valence-corrected chi connectivity index (χ4v) is 6.46. The standard InChI is InChI=1S/C50H82NO9P/c1-6-8-10-12-14-15-16-17-18-19-20-21-22-23-24-25-28-33-37-41-50(53)59-46(45-58-61(54,55)57-43-42-51(3,4)5)44-56-49(52)40-36-32-29-26-27-31-35-39-48-47(60-48)38-34-30-13-11-9-7-2/h14-15,17-18,20-21,23-24,26,28-31,33-35,46-48H,6-13,16,19,22,25,27,32,36-45H2,1-5H3/b15-14-,18-17-,21-20-,24-23-,29-26-,33-28-,34-30-,35-31-/t46-,47?,48?/m1/s1. The second-order valence-corrected chi connectivity index (χ2v) is 17.9. The normalized spacial score (nSPS) is 17.7. The zero-order chi connectivity index (χ0) is 44.7. The summed E-state index contributed by atoms with van der Waals surface area (Å²) in [5.74, 6) is -1.01. The monoisotopic (exact) mass is 872 g/mol. The van der Waals surface area contributed by atoms with Gasteiger partial charge in [0.2, 0.25) is 0 Å². The first-order chi connectivity index (χ1) is 29.5. The molecule has 0 spiro atoms. The van der Waals surface area contributed by atoms with Crippen molar-refractivity contribution in [1.29, 1.82) is 0 Å². The van der Waals surface area contributed by atoms with Gasteiger partial charge < -0.3 is 32.6 Å². The molecule has 1 aliphatic heterocycles. The van der Waals surface area contributed by atoms with Crippen molar-refractivity contribution in [3.8, 4) is 0 Å². The van der Waals surface area contributed by atoms with Crippen molar-refractivity contribution >= 4 is 19.8 Å². The minimum Gasteiger partial charge on any atom is -0.756 e. The average Bonchev–Trinajstić information content (AvgIpc) is 3.97. The number of ether oxygens (including phenoxy) is 3. The van der Waals surface area contributed by atoms with Crippen LogP contribution in [0.3, 0.4) is 0 Å². The van der Waals surface area contributed by atoms with Crippen LogP contribution in [0.15, 0.2) is 97.2 Å². The Morgan fingerprint density at radius 2 is 1.05 bits per heavy atom. The fourth-order valence-electron chi connectivity index (χ4n) is 5.73. The molecule has 10 nitrogen and oxygen atoms in total. The molecule has 0 N–H and O–H groups in total. The van der Waals surface area contributed by atoms with Gasteiger partial charge in [0.25, 0.3) is 7.82 Å². The van der Waals surface area contributed by atoms with Gasteiger partial charge in [-0.2, -0.15) is 0 Å². The Balaban J connectivity index is 2.38. The third kappa shape index (κ3) is 38.3. The van der Waals surface area contributed by atoms with E-state index in [4.69, 9.17) is 23.3 Å². The minimum absolute atomic E-state index is 0.0605. The number of unbranched alkanes of at least 4 members (excludes halogenated alkanes) is 7. The number of quaternary nitrogens is 1. The van der Waals surface area contributed by atoms with Crippen LogP contribution in [0.25, 0.3) is 0 Å². The summed E-state index contributed by atoms with van der Waals surface area (Å²) < 4.78 is 39.5. The van der Waals surface area contributed by atoms with Gasteiger partial charge in [-0.25, -0.2) is 0 Å². The van der Waals surface area contributed by atoms with Crippen molar-refractivity contribution in [2.75, 3.05) is 47.5 Å². The number of likely N-dealkylation sites (N-methyl/N-ethyl adjacent to an activating group) is 1. The Morgan fingerprint density at radius 3 is 1.57 bits per heavy atom. The molecule has 1 heterocycles. The Hall–Kier alpha value is -3.11. The summed E-state index contributed by atoms with van der Waals surface area (Å²) in [5, 5.41) is 0. The smallest absolute Gasteiger partial charge is 0.306 e. The van der Waals surface area contributed by atoms with Crippen LogP contribution in [0.5, 0.6) is 0 Å². The predicted octanol–water partition coefficient (Wildman–Crippen LogP) is 11.7. The van der Waals surface area contributed by atoms with Crippen LogP contribution in [-0.4, -0.2) is 82.2 Å². The molecule has 1 rings (SSSR count). The summed E-state index contributed by atoms with van der Waals surface area (Å²) in [7, 11) is 1.07. The van der Waals surface area contributed by atoms with E-state index in [1.807, 2.05) is 39.4 Å². The maximum Gasteiger partial charge on any atom is 0.306 e. The van der Waals surface area contributed by atoms with Crippen LogP contribution in [-0.2, 0) is 37.4 Å². The maximum absolute atomic E-state index is 12.7. The van der Waals surface area contributed by atoms with E-state index in [9.17, 15) is 19.0 Å². The summed E-state index contributed by atoms with van der Waals surface area (Å²) in [6, 6.07) is 0. The topological polar surface area (TPSA) is 124 Å². The first-order valence-electron chi connectivity index (χ1n) is 23.1. The molecule has 1 fully saturated rings. The Bertz CT molecular complexity index is 1420. The molecule has 0 amide bonds. The molecule has 0 bridgehead atoms. The number of phosphoric ester groups is 1. The highest BCUT2D eigenvalue weighted by molar-refractivity contribution is 7.45. The molecule has 11 heteroatoms. The van der Waals surface area contributed by atoms with Crippen molar-refractivity contribution in [2.45, 2.75) is 161 Å². The molecule has 1 aliphatic rings. The van der Waals surface area contributed by atoms with Crippen molar-refractivity contribution in [2.24, 2.45) is 0 Å². The van der Waals surface area contributed by atoms with E-state index in [1.165, 1.54) is 44.9 Å². The zero-order valence-electron chi connectivity index (χ0n) is 38.5. The van der Waals surface area contributed by atoms with Crippen molar-refractivity contribution in [3.63, 3.8) is 0 Å². The van der Waals surface area contributed by atoms with Crippen LogP contribution in [0.1, 0.15) is 142 Å². The average molecular weight is 872 g/mol. The largest absolute Gasteiger partial charge is 0.756 e. The quantitative estimate of drug-likeness (QED) is 0.0148. The summed E-state index contributed by atoms with van der Waals surface area (Å²) in [6.07, 6.45) is 52.0. The number of phosphoric acid groups is 1. The highest BCUT2D eigenvalue weighted by atomic mass is 31.2. The Labute approximate surface area is 370 Å². The van der Waals surface area contributed by atoms with Crippen molar-refractivity contribution in [1.82, 2.24) is 0 Å². The summed E-state index contributed by atoms with van der Waals surface area (Å²) in [4.78, 5) is 37.6. The lowest BCUT2D eigenvalue weighted by Gasteiger charge is -2.28. The number of allylic oxidation sites excluding steroid dienone is 14. The molecule has 4 atom stereocenters. The molecule has 346 valence electrons. The Kier molecular flexibility index (Phi) is 34.3. The molecule has 0 radical (unpaired) electrons. The van der Waals surface area contributed by atoms with E-state index in [0.717, 1.165) is 51.4 Å². The molecule has 0 aromatic rings. The molecule has 3 unspecified atom stereocenters. The van der Waals surface area contributed by atoms with Crippen LogP contribution in [0.2, 0.25) is 0 Å². The first-order valence-corrected chi connectivity index (χ1v) is 24.5. The molecule has 0 aromatic heterocycles. The van der Waals surface area contributed by atoms with Crippen molar-refractivity contribution < 1.29 is 46.8 Å². The third-order valence-corrected chi connectivity index (χ3v) is 10.5. The van der Waals surface area contributed by atoms with Crippen LogP contribution in [0, 0.1) is 0 Å². The van der Waals surface area contributed by atoms with Crippen molar-refractivity contribution in [3.05, 3.63) is 97.2 Å². The minimum atomic E-state index is -4.67. The van der Waals surface area contributed by atoms with Crippen LogP contribution in [0.4, 0.5) is 0 Å². The summed E-state index contributed by atoms with van der Waals surface area (Å²) in [6.45, 7) is 3.98. The lowest BCUT2D eigenvalue weighted by Crippen LogP contribution is -2.37. The number of hydrogen-bond donors (Lipinski definition) is 0. The molecule has 0 aliphatic carbocycles. The van der Waals surface area contributed by atoms with Crippen LogP contribution < -0.4 is 4.89 Å². The fraction of sp³-hybridized carbons (Fsp3) is 0.640. The lowest BCUT2D eigenvalue weighted by atomic mass is 10.1. The van der Waals surface area contributed by atoms with Gasteiger partial charge >= 0.3 is 11.9 Å². The number of rotatable bonds is 39. The van der Waals surface area contributed by atoms with Gasteiger partial charge in [-0.15, -0.1) is 0 Å². The van der Waals surface area contributed by atoms with Gasteiger partial charge in [0.1, 0.15) is 19.8 Å². The maximum atomic E-state index is 12.7. The highest BCUT2D eigenvalue weighted by Gasteiger charge is 2.36. The van der Waals surface area contributed by atoms with E-state index in [1.54, 1.807) is 0 Å². The van der Waals surface area contributed by atoms with Gasteiger partial charge in [-0.3, -0.25) is 14.2 Å². The molecular formula is C50H82NO9P. The van der Waals surface area contributed by atoms with E-state index in [-0.39, 0.29) is 26.1 Å². The number of esters is 2. The number of nitrogens with zero attached hydrogens (tertiary/aromatic N) is 1. The van der Waals surface area contributed by atoms with Gasteiger partial charge in [-0.1, -0.05) is 137 Å². The lowest BCUT2D eigenvalue weighted by molar-refractivity contribution is -0.870. The molecule has 1 saturated heterocycles. The number of carbonyl (C=O) groups is 2. The third-order valence-electron chi connectivity index (χ3n) is 9.49. The van der Waals surface area contributed by atoms with E-state index in [0.29, 0.717) is 42.5 Å². The van der Waals surface area contributed by atoms with Gasteiger partial charge in [0.05, 0.1) is 40.0 Å². The number of carbonyl (C=O) groups excluding carboxylic acids is 2.